The molecule has 4 aliphatic carbocycles. The topological polar surface area (TPSA) is 66.5 Å². The first-order chi connectivity index (χ1) is 14.5. The van der Waals surface area contributed by atoms with E-state index >= 15 is 0 Å². The van der Waals surface area contributed by atoms with Crippen molar-refractivity contribution in [1.82, 2.24) is 0 Å². The Bertz CT molecular complexity index is 1110. The summed E-state index contributed by atoms with van der Waals surface area (Å²) in [4.78, 5) is 40.6. The molecule has 3 amide bonds. The van der Waals surface area contributed by atoms with Crippen LogP contribution in [0.1, 0.15) is 16.8 Å². The van der Waals surface area contributed by atoms with Crippen LogP contribution in [0, 0.1) is 35.5 Å². The Labute approximate surface area is 178 Å². The normalized spacial score (nSPS) is 32.8. The van der Waals surface area contributed by atoms with Gasteiger partial charge >= 0.3 is 0 Å². The number of rotatable bonds is 3. The highest BCUT2D eigenvalue weighted by Gasteiger charge is 2.67. The predicted octanol–water partition coefficient (Wildman–Crippen LogP) is 4.15. The summed E-state index contributed by atoms with van der Waals surface area (Å²) in [6.45, 7) is 0. The maximum Gasteiger partial charge on any atom is 0.255 e. The van der Waals surface area contributed by atoms with E-state index in [1.165, 1.54) is 4.90 Å². The average Bonchev–Trinajstić information content (AvgIpc) is 3.53. The molecule has 2 aromatic rings. The number of amides is 3. The molecule has 1 aliphatic heterocycles. The third-order valence-electron chi connectivity index (χ3n) is 7.15. The van der Waals surface area contributed by atoms with Crippen LogP contribution >= 0.6 is 11.6 Å². The summed E-state index contributed by atoms with van der Waals surface area (Å²) in [5, 5.41) is 3.23. The Hall–Kier alpha value is -2.92. The highest BCUT2D eigenvalue weighted by molar-refractivity contribution is 6.34. The molecule has 0 aromatic heterocycles. The molecule has 6 heteroatoms. The SMILES string of the molecule is O=C(Nc1ccccc1Cl)c1cccc(N2C(=O)C3C4C=CC(C5CC45)C3C2=O)c1. The largest absolute Gasteiger partial charge is 0.321 e. The van der Waals surface area contributed by atoms with Crippen LogP contribution in [0.4, 0.5) is 11.4 Å². The van der Waals surface area contributed by atoms with Crippen molar-refractivity contribution in [3.8, 4) is 0 Å². The zero-order valence-electron chi connectivity index (χ0n) is 16.0. The monoisotopic (exact) mass is 418 g/mol. The second-order valence-corrected chi connectivity index (χ2v) is 9.06. The lowest BCUT2D eigenvalue weighted by molar-refractivity contribution is -0.124. The number of allylic oxidation sites excluding steroid dienone is 2. The van der Waals surface area contributed by atoms with Crippen molar-refractivity contribution in [3.63, 3.8) is 0 Å². The number of carbonyl (C=O) groups excluding carboxylic acids is 3. The lowest BCUT2D eigenvalue weighted by Crippen LogP contribution is -2.40. The van der Waals surface area contributed by atoms with Gasteiger partial charge in [0.15, 0.2) is 0 Å². The van der Waals surface area contributed by atoms with E-state index in [0.29, 0.717) is 33.8 Å². The number of nitrogens with zero attached hydrogens (tertiary/aromatic N) is 1. The molecular weight excluding hydrogens is 400 g/mol. The first-order valence-corrected chi connectivity index (χ1v) is 10.6. The number of halogens is 1. The molecule has 6 unspecified atom stereocenters. The second-order valence-electron chi connectivity index (χ2n) is 8.65. The fraction of sp³-hybridized carbons (Fsp3) is 0.292. The predicted molar refractivity (Wildman–Crippen MR) is 113 cm³/mol. The zero-order valence-corrected chi connectivity index (χ0v) is 16.8. The van der Waals surface area contributed by atoms with Crippen molar-refractivity contribution in [1.29, 1.82) is 0 Å². The Morgan fingerprint density at radius 2 is 1.60 bits per heavy atom. The minimum atomic E-state index is -0.343. The zero-order chi connectivity index (χ0) is 20.6. The molecule has 1 saturated heterocycles. The van der Waals surface area contributed by atoms with Crippen molar-refractivity contribution in [2.45, 2.75) is 6.42 Å². The van der Waals surface area contributed by atoms with E-state index in [4.69, 9.17) is 11.6 Å². The molecular formula is C24H19ClN2O3. The summed E-state index contributed by atoms with van der Waals surface area (Å²) in [7, 11) is 0. The van der Waals surface area contributed by atoms with Gasteiger partial charge in [-0.25, -0.2) is 4.90 Å². The summed E-state index contributed by atoms with van der Waals surface area (Å²) in [6.07, 6.45) is 5.44. The molecule has 6 atom stereocenters. The fourth-order valence-corrected chi connectivity index (χ4v) is 5.94. The van der Waals surface area contributed by atoms with Crippen LogP contribution < -0.4 is 10.2 Å². The molecule has 7 rings (SSSR count). The van der Waals surface area contributed by atoms with E-state index in [0.717, 1.165) is 6.42 Å². The second kappa shape index (κ2) is 6.29. The van der Waals surface area contributed by atoms with Crippen molar-refractivity contribution in [3.05, 3.63) is 71.3 Å². The molecule has 1 N–H and O–H groups in total. The first kappa shape index (κ1) is 17.9. The van der Waals surface area contributed by atoms with Gasteiger partial charge in [0.1, 0.15) is 0 Å². The highest BCUT2D eigenvalue weighted by atomic mass is 35.5. The van der Waals surface area contributed by atoms with E-state index in [1.54, 1.807) is 48.5 Å². The van der Waals surface area contributed by atoms with Crippen LogP contribution in [0.5, 0.6) is 0 Å². The Balaban J connectivity index is 1.30. The minimum absolute atomic E-state index is 0.127. The van der Waals surface area contributed by atoms with Crippen molar-refractivity contribution >= 4 is 40.7 Å². The van der Waals surface area contributed by atoms with Crippen LogP contribution in [0.2, 0.25) is 5.02 Å². The van der Waals surface area contributed by atoms with E-state index in [1.807, 2.05) is 0 Å². The number of anilines is 2. The standard InChI is InChI=1S/C24H19ClN2O3/c25-18-6-1-2-7-19(18)26-22(28)12-4-3-5-13(10-12)27-23(29)20-14-8-9-15(17-11-16(14)17)21(20)24(27)30/h1-10,14-17,20-21H,11H2,(H,26,28). The van der Waals surface area contributed by atoms with E-state index < -0.39 is 0 Å². The number of imide groups is 1. The van der Waals surface area contributed by atoms with Crippen molar-refractivity contribution < 1.29 is 14.4 Å². The van der Waals surface area contributed by atoms with E-state index in [9.17, 15) is 14.4 Å². The van der Waals surface area contributed by atoms with Gasteiger partial charge in [-0.05, 0) is 60.4 Å². The third kappa shape index (κ3) is 2.45. The maximum atomic E-state index is 13.3. The lowest BCUT2D eigenvalue weighted by atomic mass is 9.63. The summed E-state index contributed by atoms with van der Waals surface area (Å²) >= 11 is 6.13. The summed E-state index contributed by atoms with van der Waals surface area (Å²) < 4.78 is 0. The lowest BCUT2D eigenvalue weighted by Gasteiger charge is -2.37. The van der Waals surface area contributed by atoms with Crippen molar-refractivity contribution in [2.24, 2.45) is 35.5 Å². The summed E-state index contributed by atoms with van der Waals surface area (Å²) in [5.74, 6) is 0.377. The number of nitrogens with one attached hydrogen (secondary N) is 1. The van der Waals surface area contributed by atoms with Crippen LogP contribution in [-0.2, 0) is 9.59 Å². The van der Waals surface area contributed by atoms with Gasteiger partial charge in [-0.2, -0.15) is 0 Å². The Morgan fingerprint density at radius 3 is 2.27 bits per heavy atom. The summed E-state index contributed by atoms with van der Waals surface area (Å²) in [5.41, 5.74) is 1.34. The molecule has 2 bridgehead atoms. The van der Waals surface area contributed by atoms with Gasteiger partial charge in [-0.3, -0.25) is 14.4 Å². The first-order valence-electron chi connectivity index (χ1n) is 10.3. The van der Waals surface area contributed by atoms with Gasteiger partial charge in [0, 0.05) is 5.56 Å². The van der Waals surface area contributed by atoms with Gasteiger partial charge < -0.3 is 5.32 Å². The maximum absolute atomic E-state index is 13.3. The molecule has 30 heavy (non-hydrogen) atoms. The molecule has 0 spiro atoms. The van der Waals surface area contributed by atoms with Gasteiger partial charge in [0.2, 0.25) is 11.8 Å². The number of para-hydroxylation sites is 1. The molecule has 5 aliphatic rings. The van der Waals surface area contributed by atoms with Gasteiger partial charge in [-0.1, -0.05) is 42.0 Å². The molecule has 2 saturated carbocycles. The highest BCUT2D eigenvalue weighted by Crippen LogP contribution is 2.65. The van der Waals surface area contributed by atoms with Crippen LogP contribution in [0.3, 0.4) is 0 Å². The Morgan fingerprint density at radius 1 is 0.933 bits per heavy atom. The minimum Gasteiger partial charge on any atom is -0.321 e. The smallest absolute Gasteiger partial charge is 0.255 e. The molecule has 5 nitrogen and oxygen atoms in total. The van der Waals surface area contributed by atoms with Crippen LogP contribution in [0.25, 0.3) is 0 Å². The van der Waals surface area contributed by atoms with Crippen LogP contribution in [-0.4, -0.2) is 17.7 Å². The third-order valence-corrected chi connectivity index (χ3v) is 7.48. The molecule has 1 heterocycles. The van der Waals surface area contributed by atoms with Gasteiger partial charge in [0.25, 0.3) is 5.91 Å². The molecule has 2 aromatic carbocycles. The molecule has 150 valence electrons. The molecule has 3 fully saturated rings. The number of hydrogen-bond acceptors (Lipinski definition) is 3. The average molecular weight is 419 g/mol. The number of benzene rings is 2. The van der Waals surface area contributed by atoms with Gasteiger partial charge in [0.05, 0.1) is 28.2 Å². The van der Waals surface area contributed by atoms with Crippen molar-refractivity contribution in [2.75, 3.05) is 10.2 Å². The number of carbonyl (C=O) groups is 3. The quantitative estimate of drug-likeness (QED) is 0.601. The van der Waals surface area contributed by atoms with Crippen LogP contribution in [0.15, 0.2) is 60.7 Å². The molecule has 0 radical (unpaired) electrons. The van der Waals surface area contributed by atoms with E-state index in [2.05, 4.69) is 17.5 Å². The Kier molecular flexibility index (Phi) is 3.75. The van der Waals surface area contributed by atoms with E-state index in [-0.39, 0.29) is 41.4 Å². The summed E-state index contributed by atoms with van der Waals surface area (Å²) in [6, 6.07) is 13.7. The van der Waals surface area contributed by atoms with Gasteiger partial charge in [-0.15, -0.1) is 0 Å². The fourth-order valence-electron chi connectivity index (χ4n) is 5.75. The number of hydrogen-bond donors (Lipinski definition) is 1.